The van der Waals surface area contributed by atoms with Gasteiger partial charge in [0.15, 0.2) is 0 Å². The van der Waals surface area contributed by atoms with E-state index >= 15 is 0 Å². The van der Waals surface area contributed by atoms with E-state index in [0.717, 1.165) is 5.56 Å². The third-order valence-corrected chi connectivity index (χ3v) is 3.92. The van der Waals surface area contributed by atoms with E-state index in [1.165, 1.54) is 4.90 Å². The van der Waals surface area contributed by atoms with E-state index in [4.69, 9.17) is 9.47 Å². The molecule has 1 aliphatic rings. The van der Waals surface area contributed by atoms with Crippen LogP contribution >= 0.6 is 0 Å². The Kier molecular flexibility index (Phi) is 5.13. The Balaban J connectivity index is 1.62. The van der Waals surface area contributed by atoms with E-state index in [2.05, 4.69) is 4.98 Å². The van der Waals surface area contributed by atoms with Gasteiger partial charge in [0.25, 0.3) is 0 Å². The van der Waals surface area contributed by atoms with Crippen molar-refractivity contribution in [2.45, 2.75) is 25.2 Å². The molecule has 0 saturated carbocycles. The number of aromatic nitrogens is 1. The standard InChI is InChI=1S/C18H18N2O5/c21-17(22)16-9-15(25-14-7-4-8-19-10-14)11-20(16)18(23)24-12-13-5-2-1-3-6-13/h1-8,10,15-16H,9,11-12H2,(H,21,22)/t15?,16-/m0/s1. The molecule has 2 heterocycles. The number of carbonyl (C=O) groups is 2. The van der Waals surface area contributed by atoms with Gasteiger partial charge in [-0.3, -0.25) is 9.88 Å². The van der Waals surface area contributed by atoms with Gasteiger partial charge in [0.1, 0.15) is 24.5 Å². The Morgan fingerprint density at radius 3 is 2.68 bits per heavy atom. The molecule has 3 rings (SSSR count). The van der Waals surface area contributed by atoms with Crippen molar-refractivity contribution < 1.29 is 24.2 Å². The average molecular weight is 342 g/mol. The maximum Gasteiger partial charge on any atom is 0.410 e. The summed E-state index contributed by atoms with van der Waals surface area (Å²) in [7, 11) is 0. The summed E-state index contributed by atoms with van der Waals surface area (Å²) in [6, 6.07) is 11.7. The predicted octanol–water partition coefficient (Wildman–Crippen LogP) is 2.32. The van der Waals surface area contributed by atoms with Gasteiger partial charge in [0.2, 0.25) is 0 Å². The lowest BCUT2D eigenvalue weighted by Crippen LogP contribution is -2.40. The largest absolute Gasteiger partial charge is 0.487 e. The molecule has 0 spiro atoms. The topological polar surface area (TPSA) is 89.0 Å². The van der Waals surface area contributed by atoms with Crippen LogP contribution in [0, 0.1) is 0 Å². The summed E-state index contributed by atoms with van der Waals surface area (Å²) < 4.78 is 11.0. The Hall–Kier alpha value is -3.09. The molecule has 2 aromatic rings. The molecule has 130 valence electrons. The highest BCUT2D eigenvalue weighted by Gasteiger charge is 2.41. The van der Waals surface area contributed by atoms with Crippen molar-refractivity contribution in [3.63, 3.8) is 0 Å². The van der Waals surface area contributed by atoms with Crippen LogP contribution in [0.4, 0.5) is 4.79 Å². The van der Waals surface area contributed by atoms with Gasteiger partial charge in [0, 0.05) is 12.6 Å². The van der Waals surface area contributed by atoms with Gasteiger partial charge in [-0.2, -0.15) is 0 Å². The Morgan fingerprint density at radius 1 is 1.20 bits per heavy atom. The fraction of sp³-hybridized carbons (Fsp3) is 0.278. The second-order valence-corrected chi connectivity index (χ2v) is 5.71. The van der Waals surface area contributed by atoms with Crippen LogP contribution in [0.3, 0.4) is 0 Å². The third kappa shape index (κ3) is 4.26. The van der Waals surface area contributed by atoms with E-state index in [0.29, 0.717) is 5.75 Å². The molecule has 1 saturated heterocycles. The zero-order valence-electron chi connectivity index (χ0n) is 13.4. The summed E-state index contributed by atoms with van der Waals surface area (Å²) in [4.78, 5) is 28.9. The average Bonchev–Trinajstić information content (AvgIpc) is 3.06. The minimum atomic E-state index is -1.08. The van der Waals surface area contributed by atoms with E-state index in [9.17, 15) is 14.7 Å². The van der Waals surface area contributed by atoms with Crippen molar-refractivity contribution in [3.8, 4) is 5.75 Å². The van der Waals surface area contributed by atoms with Gasteiger partial charge >= 0.3 is 12.1 Å². The van der Waals surface area contributed by atoms with Gasteiger partial charge in [-0.05, 0) is 17.7 Å². The van der Waals surface area contributed by atoms with Crippen molar-refractivity contribution in [1.82, 2.24) is 9.88 Å². The first-order valence-corrected chi connectivity index (χ1v) is 7.90. The van der Waals surface area contributed by atoms with Crippen LogP contribution < -0.4 is 4.74 Å². The molecule has 1 unspecified atom stereocenters. The second kappa shape index (κ2) is 7.65. The highest BCUT2D eigenvalue weighted by atomic mass is 16.6. The zero-order valence-corrected chi connectivity index (χ0v) is 13.4. The number of hydrogen-bond donors (Lipinski definition) is 1. The molecule has 1 aromatic heterocycles. The van der Waals surface area contributed by atoms with Crippen LogP contribution in [0.15, 0.2) is 54.9 Å². The van der Waals surface area contributed by atoms with Crippen LogP contribution in [0.25, 0.3) is 0 Å². The smallest absolute Gasteiger partial charge is 0.410 e. The number of ether oxygens (including phenoxy) is 2. The Bertz CT molecular complexity index is 723. The van der Waals surface area contributed by atoms with Crippen LogP contribution in [-0.2, 0) is 16.1 Å². The number of hydrogen-bond acceptors (Lipinski definition) is 5. The maximum atomic E-state index is 12.3. The summed E-state index contributed by atoms with van der Waals surface area (Å²) in [5, 5.41) is 9.38. The lowest BCUT2D eigenvalue weighted by Gasteiger charge is -2.20. The molecule has 1 fully saturated rings. The van der Waals surface area contributed by atoms with Crippen molar-refractivity contribution in [2.24, 2.45) is 0 Å². The fourth-order valence-electron chi connectivity index (χ4n) is 2.73. The van der Waals surface area contributed by atoms with Crippen LogP contribution in [0.2, 0.25) is 0 Å². The van der Waals surface area contributed by atoms with Crippen LogP contribution in [0.1, 0.15) is 12.0 Å². The van der Waals surface area contributed by atoms with Crippen molar-refractivity contribution in [3.05, 3.63) is 60.4 Å². The minimum Gasteiger partial charge on any atom is -0.487 e. The zero-order chi connectivity index (χ0) is 17.6. The van der Waals surface area contributed by atoms with Crippen molar-refractivity contribution in [2.75, 3.05) is 6.54 Å². The fourth-order valence-corrected chi connectivity index (χ4v) is 2.73. The summed E-state index contributed by atoms with van der Waals surface area (Å²) in [5.74, 6) is -0.537. The number of carboxylic acid groups (broad SMARTS) is 1. The van der Waals surface area contributed by atoms with Gasteiger partial charge in [0.05, 0.1) is 12.7 Å². The van der Waals surface area contributed by atoms with E-state index in [1.807, 2.05) is 30.3 Å². The molecule has 1 N–H and O–H groups in total. The van der Waals surface area contributed by atoms with Gasteiger partial charge < -0.3 is 14.6 Å². The highest BCUT2D eigenvalue weighted by Crippen LogP contribution is 2.24. The number of carbonyl (C=O) groups excluding carboxylic acids is 1. The first kappa shape index (κ1) is 16.8. The minimum absolute atomic E-state index is 0.0939. The molecule has 0 bridgehead atoms. The summed E-state index contributed by atoms with van der Waals surface area (Å²) in [6.07, 6.45) is 2.29. The van der Waals surface area contributed by atoms with Crippen molar-refractivity contribution >= 4 is 12.1 Å². The molecule has 0 aliphatic carbocycles. The molecule has 0 radical (unpaired) electrons. The number of likely N-dealkylation sites (tertiary alicyclic amines) is 1. The number of benzene rings is 1. The van der Waals surface area contributed by atoms with E-state index < -0.39 is 24.2 Å². The monoisotopic (exact) mass is 342 g/mol. The molecular formula is C18H18N2O5. The number of amides is 1. The molecule has 1 aliphatic heterocycles. The molecule has 7 heteroatoms. The molecule has 2 atom stereocenters. The van der Waals surface area contributed by atoms with Gasteiger partial charge in [-0.1, -0.05) is 30.3 Å². The predicted molar refractivity (Wildman–Crippen MR) is 88.0 cm³/mol. The second-order valence-electron chi connectivity index (χ2n) is 5.71. The first-order valence-electron chi connectivity index (χ1n) is 7.90. The Labute approximate surface area is 144 Å². The first-order chi connectivity index (χ1) is 12.1. The lowest BCUT2D eigenvalue weighted by atomic mass is 10.2. The number of rotatable bonds is 5. The maximum absolute atomic E-state index is 12.3. The lowest BCUT2D eigenvalue weighted by molar-refractivity contribution is -0.141. The van der Waals surface area contributed by atoms with Gasteiger partial charge in [-0.15, -0.1) is 0 Å². The quantitative estimate of drug-likeness (QED) is 0.897. The van der Waals surface area contributed by atoms with Crippen LogP contribution in [-0.4, -0.2) is 45.7 Å². The number of aliphatic carboxylic acids is 1. The summed E-state index contributed by atoms with van der Waals surface area (Å²) in [6.45, 7) is 0.246. The molecule has 1 amide bonds. The number of carboxylic acids is 1. The summed E-state index contributed by atoms with van der Waals surface area (Å²) >= 11 is 0. The number of nitrogens with zero attached hydrogens (tertiary/aromatic N) is 2. The molecule has 1 aromatic carbocycles. The van der Waals surface area contributed by atoms with Crippen LogP contribution in [0.5, 0.6) is 5.75 Å². The molecular weight excluding hydrogens is 324 g/mol. The Morgan fingerprint density at radius 2 is 2.00 bits per heavy atom. The molecule has 25 heavy (non-hydrogen) atoms. The highest BCUT2D eigenvalue weighted by molar-refractivity contribution is 5.81. The normalized spacial score (nSPS) is 19.4. The number of pyridine rings is 1. The van der Waals surface area contributed by atoms with E-state index in [-0.39, 0.29) is 19.6 Å². The SMILES string of the molecule is O=C(O)[C@@H]1CC(Oc2cccnc2)CN1C(=O)OCc1ccccc1. The van der Waals surface area contributed by atoms with Crippen molar-refractivity contribution in [1.29, 1.82) is 0 Å². The molecule has 7 nitrogen and oxygen atoms in total. The third-order valence-electron chi connectivity index (χ3n) is 3.92. The summed E-state index contributed by atoms with van der Waals surface area (Å²) in [5.41, 5.74) is 0.838. The van der Waals surface area contributed by atoms with Gasteiger partial charge in [-0.25, -0.2) is 9.59 Å². The van der Waals surface area contributed by atoms with E-state index in [1.54, 1.807) is 24.5 Å².